The molecule has 1 N–H and O–H groups in total. The smallest absolute Gasteiger partial charge is 0.306 e. The molecule has 1 aliphatic carbocycles. The monoisotopic (exact) mass is 380 g/mol. The molecule has 2 rings (SSSR count). The molecule has 5 heteroatoms. The Kier molecular flexibility index (Phi) is 9.49. The molecule has 0 amide bonds. The molecule has 0 aromatic rings. The lowest BCUT2D eigenvalue weighted by Gasteiger charge is -2.33. The van der Waals surface area contributed by atoms with Gasteiger partial charge in [0.2, 0.25) is 0 Å². The number of hydrogen-bond donors (Lipinski definition) is 1. The number of carboxylic acid groups (broad SMARTS) is 1. The van der Waals surface area contributed by atoms with Crippen molar-refractivity contribution < 1.29 is 24.2 Å². The van der Waals surface area contributed by atoms with Gasteiger partial charge < -0.3 is 14.6 Å². The van der Waals surface area contributed by atoms with Gasteiger partial charge in [0.1, 0.15) is 0 Å². The third kappa shape index (κ3) is 6.72. The highest BCUT2D eigenvalue weighted by Gasteiger charge is 2.52. The minimum Gasteiger partial charge on any atom is -0.481 e. The van der Waals surface area contributed by atoms with E-state index >= 15 is 0 Å². The Morgan fingerprint density at radius 2 is 1.93 bits per heavy atom. The molecule has 2 fully saturated rings. The van der Waals surface area contributed by atoms with Gasteiger partial charge in [-0.1, -0.05) is 38.7 Å². The molecule has 154 valence electrons. The average molecular weight is 381 g/mol. The first kappa shape index (κ1) is 22.1. The first-order valence-electron chi connectivity index (χ1n) is 10.8. The molecule has 2 atom stereocenters. The van der Waals surface area contributed by atoms with E-state index in [4.69, 9.17) is 9.47 Å². The van der Waals surface area contributed by atoms with Gasteiger partial charge in [-0.3, -0.25) is 9.59 Å². The quantitative estimate of drug-likeness (QED) is 0.364. The van der Waals surface area contributed by atoms with Gasteiger partial charge in [0, 0.05) is 18.8 Å². The van der Waals surface area contributed by atoms with Gasteiger partial charge in [0.25, 0.3) is 0 Å². The highest BCUT2D eigenvalue weighted by Crippen LogP contribution is 2.47. The molecular weight excluding hydrogens is 344 g/mol. The summed E-state index contributed by atoms with van der Waals surface area (Å²) in [5.41, 5.74) is 0. The van der Waals surface area contributed by atoms with E-state index in [1.807, 2.05) is 6.08 Å². The van der Waals surface area contributed by atoms with Crippen LogP contribution in [0.2, 0.25) is 0 Å². The summed E-state index contributed by atoms with van der Waals surface area (Å²) in [5.74, 6) is -1.56. The van der Waals surface area contributed by atoms with Gasteiger partial charge in [0.05, 0.1) is 19.1 Å². The maximum Gasteiger partial charge on any atom is 0.306 e. The molecule has 27 heavy (non-hydrogen) atoms. The van der Waals surface area contributed by atoms with Gasteiger partial charge in [-0.25, -0.2) is 0 Å². The summed E-state index contributed by atoms with van der Waals surface area (Å²) < 4.78 is 11.7. The third-order valence-corrected chi connectivity index (χ3v) is 5.90. The normalized spacial score (nSPS) is 22.6. The van der Waals surface area contributed by atoms with Crippen LogP contribution >= 0.6 is 0 Å². The van der Waals surface area contributed by atoms with E-state index in [1.54, 1.807) is 6.08 Å². The van der Waals surface area contributed by atoms with Crippen LogP contribution < -0.4 is 0 Å². The van der Waals surface area contributed by atoms with Crippen molar-refractivity contribution in [2.45, 2.75) is 89.8 Å². The molecule has 2 aliphatic rings. The van der Waals surface area contributed by atoms with Crippen molar-refractivity contribution >= 4 is 11.8 Å². The number of aliphatic carboxylic acids is 1. The molecule has 1 spiro atoms. The van der Waals surface area contributed by atoms with E-state index in [0.29, 0.717) is 26.1 Å². The molecule has 5 nitrogen and oxygen atoms in total. The fraction of sp³-hybridized carbons (Fsp3) is 0.818. The van der Waals surface area contributed by atoms with Crippen LogP contribution in [-0.4, -0.2) is 35.9 Å². The lowest BCUT2D eigenvalue weighted by Crippen LogP contribution is -2.41. The van der Waals surface area contributed by atoms with Crippen LogP contribution in [0.3, 0.4) is 0 Å². The van der Waals surface area contributed by atoms with Crippen molar-refractivity contribution in [3.63, 3.8) is 0 Å². The average Bonchev–Trinajstić information content (AvgIpc) is 3.28. The fourth-order valence-corrected chi connectivity index (χ4v) is 4.46. The second kappa shape index (κ2) is 11.6. The van der Waals surface area contributed by atoms with E-state index in [0.717, 1.165) is 64.2 Å². The Morgan fingerprint density at radius 3 is 2.63 bits per heavy atom. The predicted octanol–water partition coefficient (Wildman–Crippen LogP) is 4.89. The lowest BCUT2D eigenvalue weighted by atomic mass is 9.83. The first-order valence-corrected chi connectivity index (χ1v) is 10.8. The summed E-state index contributed by atoms with van der Waals surface area (Å²) in [7, 11) is 0. The fourth-order valence-electron chi connectivity index (χ4n) is 4.46. The predicted molar refractivity (Wildman–Crippen MR) is 104 cm³/mol. The number of unbranched alkanes of at least 4 members (excludes halogenated alkanes) is 5. The van der Waals surface area contributed by atoms with Crippen molar-refractivity contribution in [3.05, 3.63) is 12.2 Å². The topological polar surface area (TPSA) is 72.8 Å². The van der Waals surface area contributed by atoms with E-state index in [2.05, 4.69) is 6.92 Å². The van der Waals surface area contributed by atoms with Crippen molar-refractivity contribution in [3.8, 4) is 0 Å². The van der Waals surface area contributed by atoms with Crippen LogP contribution in [0.5, 0.6) is 0 Å². The van der Waals surface area contributed by atoms with Crippen molar-refractivity contribution in [1.82, 2.24) is 0 Å². The zero-order valence-electron chi connectivity index (χ0n) is 16.8. The van der Waals surface area contributed by atoms with Gasteiger partial charge in [0.15, 0.2) is 11.6 Å². The van der Waals surface area contributed by atoms with Crippen LogP contribution in [-0.2, 0) is 19.1 Å². The third-order valence-electron chi connectivity index (χ3n) is 5.90. The first-order chi connectivity index (χ1) is 13.1. The number of ketones is 1. The number of allylic oxidation sites excluding steroid dienone is 2. The number of hydrogen-bond acceptors (Lipinski definition) is 4. The summed E-state index contributed by atoms with van der Waals surface area (Å²) in [4.78, 5) is 23.5. The highest BCUT2D eigenvalue weighted by atomic mass is 16.7. The molecule has 0 aromatic carbocycles. The Morgan fingerprint density at radius 1 is 1.15 bits per heavy atom. The standard InChI is InChI=1S/C22H36O5/c1-2-3-7-11-18(23)12-8-5-4-6-9-13-19(21(24)25)20-14-10-15-22(20)26-16-17-27-22/h8,12,19-20H,2-7,9-11,13-17H2,1H3,(H,24,25). The summed E-state index contributed by atoms with van der Waals surface area (Å²) in [6.07, 6.45) is 14.7. The van der Waals surface area contributed by atoms with E-state index < -0.39 is 11.8 Å². The Hall–Kier alpha value is -1.20. The maximum absolute atomic E-state index is 11.8. The van der Waals surface area contributed by atoms with Crippen molar-refractivity contribution in [2.24, 2.45) is 11.8 Å². The molecule has 0 aromatic heterocycles. The van der Waals surface area contributed by atoms with Gasteiger partial charge in [-0.2, -0.15) is 0 Å². The van der Waals surface area contributed by atoms with Crippen LogP contribution in [0.1, 0.15) is 84.0 Å². The van der Waals surface area contributed by atoms with Crippen molar-refractivity contribution in [2.75, 3.05) is 13.2 Å². The second-order valence-corrected chi connectivity index (χ2v) is 7.92. The Balaban J connectivity index is 1.65. The molecular formula is C22H36O5. The Labute approximate surface area is 163 Å². The van der Waals surface area contributed by atoms with E-state index in [9.17, 15) is 14.7 Å². The summed E-state index contributed by atoms with van der Waals surface area (Å²) in [6.45, 7) is 3.29. The van der Waals surface area contributed by atoms with E-state index in [1.165, 1.54) is 0 Å². The zero-order chi connectivity index (χ0) is 19.5. The van der Waals surface area contributed by atoms with Crippen molar-refractivity contribution in [1.29, 1.82) is 0 Å². The largest absolute Gasteiger partial charge is 0.481 e. The van der Waals surface area contributed by atoms with Gasteiger partial charge in [-0.15, -0.1) is 0 Å². The Bertz CT molecular complexity index is 487. The number of carbonyl (C=O) groups excluding carboxylic acids is 1. The number of rotatable bonds is 13. The molecule has 2 unspecified atom stereocenters. The second-order valence-electron chi connectivity index (χ2n) is 7.92. The SMILES string of the molecule is CCCCCC(=O)C=CCCCCCC(C(=O)O)C1CCCC12OCCO2. The molecule has 1 saturated heterocycles. The van der Waals surface area contributed by atoms with E-state index in [-0.39, 0.29) is 17.6 Å². The molecule has 1 aliphatic heterocycles. The minimum absolute atomic E-state index is 0.0295. The number of carboxylic acids is 1. The van der Waals surface area contributed by atoms with Gasteiger partial charge >= 0.3 is 5.97 Å². The maximum atomic E-state index is 11.8. The van der Waals surface area contributed by atoms with Crippen LogP contribution in [0.15, 0.2) is 12.2 Å². The minimum atomic E-state index is -0.724. The highest BCUT2D eigenvalue weighted by molar-refractivity contribution is 5.89. The molecule has 1 saturated carbocycles. The zero-order valence-corrected chi connectivity index (χ0v) is 16.8. The van der Waals surface area contributed by atoms with Crippen LogP contribution in [0.25, 0.3) is 0 Å². The summed E-state index contributed by atoms with van der Waals surface area (Å²) in [6, 6.07) is 0. The van der Waals surface area contributed by atoms with Crippen LogP contribution in [0, 0.1) is 11.8 Å². The summed E-state index contributed by atoms with van der Waals surface area (Å²) in [5, 5.41) is 9.71. The molecule has 1 heterocycles. The summed E-state index contributed by atoms with van der Waals surface area (Å²) >= 11 is 0. The molecule has 0 radical (unpaired) electrons. The lowest BCUT2D eigenvalue weighted by molar-refractivity contribution is -0.198. The van der Waals surface area contributed by atoms with Gasteiger partial charge in [-0.05, 0) is 44.6 Å². The van der Waals surface area contributed by atoms with Crippen LogP contribution in [0.4, 0.5) is 0 Å². The number of carbonyl (C=O) groups is 2. The number of ether oxygens (including phenoxy) is 2. The molecule has 0 bridgehead atoms.